The van der Waals surface area contributed by atoms with Gasteiger partial charge >= 0.3 is 11.9 Å². The fraction of sp³-hybridized carbons (Fsp3) is 0.571. The second-order valence-corrected chi connectivity index (χ2v) is 11.1. The SMILES string of the molecule is C[C@H]1C=CC2=C[C@@H](O)C[C@H](OC(=O)C(C)(C)Oc3ccc(Cl)cc3)[C@@H]2[C@H]1CC[C@@H]1C[C@@H](O)CC(=O)O1. The second-order valence-electron chi connectivity index (χ2n) is 10.7. The number of cyclic esters (lactones) is 1. The molecule has 2 N–H and O–H groups in total. The van der Waals surface area contributed by atoms with Crippen LogP contribution in [0.15, 0.2) is 48.1 Å². The van der Waals surface area contributed by atoms with E-state index in [1.54, 1.807) is 38.1 Å². The molecule has 1 fully saturated rings. The maximum absolute atomic E-state index is 13.3. The Bertz CT molecular complexity index is 1020. The highest BCUT2D eigenvalue weighted by molar-refractivity contribution is 6.30. The molecule has 4 rings (SSSR count). The number of hydrogen-bond acceptors (Lipinski definition) is 7. The van der Waals surface area contributed by atoms with E-state index in [1.165, 1.54) is 0 Å². The number of halogens is 1. The number of rotatable bonds is 7. The zero-order chi connectivity index (χ0) is 26.0. The molecule has 0 bridgehead atoms. The first-order valence-electron chi connectivity index (χ1n) is 12.6. The van der Waals surface area contributed by atoms with Crippen molar-refractivity contribution in [1.29, 1.82) is 0 Å². The number of esters is 2. The lowest BCUT2D eigenvalue weighted by Crippen LogP contribution is -2.47. The van der Waals surface area contributed by atoms with Crippen molar-refractivity contribution in [2.24, 2.45) is 17.8 Å². The molecule has 0 aromatic heterocycles. The third kappa shape index (κ3) is 6.31. The van der Waals surface area contributed by atoms with Gasteiger partial charge in [0.05, 0.1) is 18.6 Å². The van der Waals surface area contributed by atoms with Crippen molar-refractivity contribution in [2.45, 2.75) is 82.9 Å². The molecule has 1 aromatic carbocycles. The number of aliphatic hydroxyl groups excluding tert-OH is 2. The van der Waals surface area contributed by atoms with Gasteiger partial charge in [0, 0.05) is 23.8 Å². The Hall–Kier alpha value is -2.35. The van der Waals surface area contributed by atoms with Gasteiger partial charge in [0.1, 0.15) is 18.0 Å². The van der Waals surface area contributed by atoms with E-state index in [2.05, 4.69) is 13.0 Å². The molecule has 0 radical (unpaired) electrons. The van der Waals surface area contributed by atoms with Crippen molar-refractivity contribution in [2.75, 3.05) is 0 Å². The Morgan fingerprint density at radius 1 is 1.17 bits per heavy atom. The van der Waals surface area contributed by atoms with Crippen LogP contribution in [-0.2, 0) is 19.1 Å². The van der Waals surface area contributed by atoms with Gasteiger partial charge < -0.3 is 24.4 Å². The normalized spacial score (nSPS) is 32.2. The van der Waals surface area contributed by atoms with Crippen LogP contribution >= 0.6 is 11.6 Å². The Morgan fingerprint density at radius 3 is 2.58 bits per heavy atom. The smallest absolute Gasteiger partial charge is 0.350 e. The number of carbonyl (C=O) groups excluding carboxylic acids is 2. The third-order valence-electron chi connectivity index (χ3n) is 7.37. The molecule has 7 nitrogen and oxygen atoms in total. The summed E-state index contributed by atoms with van der Waals surface area (Å²) in [6.07, 6.45) is 5.83. The minimum atomic E-state index is -1.25. The molecule has 7 atom stereocenters. The van der Waals surface area contributed by atoms with E-state index in [0.29, 0.717) is 30.0 Å². The van der Waals surface area contributed by atoms with Crippen LogP contribution in [-0.4, -0.2) is 52.2 Å². The summed E-state index contributed by atoms with van der Waals surface area (Å²) in [7, 11) is 0. The predicted octanol–water partition coefficient (Wildman–Crippen LogP) is 4.39. The van der Waals surface area contributed by atoms with E-state index < -0.39 is 29.9 Å². The molecular formula is C28H35ClO7. The minimum Gasteiger partial charge on any atom is -0.476 e. The first-order valence-corrected chi connectivity index (χ1v) is 13.0. The van der Waals surface area contributed by atoms with Gasteiger partial charge in [-0.1, -0.05) is 36.8 Å². The van der Waals surface area contributed by atoms with E-state index >= 15 is 0 Å². The summed E-state index contributed by atoms with van der Waals surface area (Å²) in [5, 5.41) is 21.0. The molecule has 1 heterocycles. The summed E-state index contributed by atoms with van der Waals surface area (Å²) in [6.45, 7) is 5.43. The fourth-order valence-corrected chi connectivity index (χ4v) is 5.65. The predicted molar refractivity (Wildman–Crippen MR) is 134 cm³/mol. The van der Waals surface area contributed by atoms with Crippen LogP contribution in [0.5, 0.6) is 5.75 Å². The number of carbonyl (C=O) groups is 2. The standard InChI is InChI=1S/C28H35ClO7/c1-16-4-5-17-12-19(30)14-24(26(17)23(16)11-10-22-13-20(31)15-25(32)34-22)35-27(33)28(2,3)36-21-8-6-18(29)7-9-21/h4-9,12,16,19-20,22-24,26,30-31H,10-11,13-15H2,1-3H3/t16-,19+,20+,22+,23-,24-,26-/m0/s1. The summed E-state index contributed by atoms with van der Waals surface area (Å²) < 4.78 is 17.4. The summed E-state index contributed by atoms with van der Waals surface area (Å²) >= 11 is 5.95. The van der Waals surface area contributed by atoms with Gasteiger partial charge in [-0.05, 0) is 68.4 Å². The Labute approximate surface area is 217 Å². The van der Waals surface area contributed by atoms with Gasteiger partial charge in [0.25, 0.3) is 0 Å². The van der Waals surface area contributed by atoms with E-state index in [-0.39, 0.29) is 36.2 Å². The van der Waals surface area contributed by atoms with Crippen molar-refractivity contribution in [3.8, 4) is 5.75 Å². The lowest BCUT2D eigenvalue weighted by Gasteiger charge is -2.43. The Balaban J connectivity index is 1.48. The topological polar surface area (TPSA) is 102 Å². The average molecular weight is 519 g/mol. The van der Waals surface area contributed by atoms with E-state index in [9.17, 15) is 19.8 Å². The van der Waals surface area contributed by atoms with Crippen molar-refractivity contribution in [3.05, 3.63) is 53.1 Å². The Kier molecular flexibility index (Phi) is 8.12. The van der Waals surface area contributed by atoms with Crippen LogP contribution in [0.4, 0.5) is 0 Å². The second kappa shape index (κ2) is 11.0. The molecule has 0 spiro atoms. The molecule has 8 heteroatoms. The molecule has 196 valence electrons. The van der Waals surface area contributed by atoms with Crippen LogP contribution in [0.1, 0.15) is 52.9 Å². The number of fused-ring (bicyclic) bond motifs is 1. The van der Waals surface area contributed by atoms with E-state index in [4.69, 9.17) is 25.8 Å². The minimum absolute atomic E-state index is 0.0401. The van der Waals surface area contributed by atoms with Crippen LogP contribution in [0.25, 0.3) is 0 Å². The van der Waals surface area contributed by atoms with Crippen LogP contribution < -0.4 is 4.74 Å². The van der Waals surface area contributed by atoms with E-state index in [0.717, 1.165) is 12.0 Å². The van der Waals surface area contributed by atoms with Gasteiger partial charge in [0.15, 0.2) is 5.60 Å². The summed E-state index contributed by atoms with van der Waals surface area (Å²) in [5.41, 5.74) is -0.301. The van der Waals surface area contributed by atoms with Gasteiger partial charge in [-0.2, -0.15) is 0 Å². The van der Waals surface area contributed by atoms with Crippen molar-refractivity contribution >= 4 is 23.5 Å². The van der Waals surface area contributed by atoms with Crippen LogP contribution in [0, 0.1) is 17.8 Å². The summed E-state index contributed by atoms with van der Waals surface area (Å²) in [6, 6.07) is 6.77. The van der Waals surface area contributed by atoms with Crippen molar-refractivity contribution < 1.29 is 34.0 Å². The third-order valence-corrected chi connectivity index (χ3v) is 7.62. The highest BCUT2D eigenvalue weighted by Gasteiger charge is 2.44. The largest absolute Gasteiger partial charge is 0.476 e. The van der Waals surface area contributed by atoms with Gasteiger partial charge in [-0.3, -0.25) is 4.79 Å². The van der Waals surface area contributed by atoms with E-state index in [1.807, 2.05) is 12.2 Å². The molecular weight excluding hydrogens is 484 g/mol. The molecule has 1 aliphatic heterocycles. The van der Waals surface area contributed by atoms with Crippen molar-refractivity contribution in [1.82, 2.24) is 0 Å². The van der Waals surface area contributed by atoms with Crippen molar-refractivity contribution in [3.63, 3.8) is 0 Å². The quantitative estimate of drug-likeness (QED) is 0.516. The molecule has 0 unspecified atom stereocenters. The number of aliphatic hydroxyl groups is 2. The number of ether oxygens (including phenoxy) is 3. The average Bonchev–Trinajstić information content (AvgIpc) is 2.79. The van der Waals surface area contributed by atoms with Crippen LogP contribution in [0.3, 0.4) is 0 Å². The fourth-order valence-electron chi connectivity index (χ4n) is 5.52. The molecule has 2 aliphatic carbocycles. The lowest BCUT2D eigenvalue weighted by molar-refractivity contribution is -0.171. The van der Waals surface area contributed by atoms with Gasteiger partial charge in [-0.15, -0.1) is 0 Å². The number of benzene rings is 1. The first kappa shape index (κ1) is 26.7. The maximum atomic E-state index is 13.3. The summed E-state index contributed by atoms with van der Waals surface area (Å²) in [4.78, 5) is 25.0. The highest BCUT2D eigenvalue weighted by atomic mass is 35.5. The van der Waals surface area contributed by atoms with Gasteiger partial charge in [0.2, 0.25) is 0 Å². The molecule has 36 heavy (non-hydrogen) atoms. The van der Waals surface area contributed by atoms with Gasteiger partial charge in [-0.25, -0.2) is 4.79 Å². The summed E-state index contributed by atoms with van der Waals surface area (Å²) in [5.74, 6) is -0.168. The molecule has 3 aliphatic rings. The molecule has 1 saturated heterocycles. The number of hydrogen-bond donors (Lipinski definition) is 2. The zero-order valence-electron chi connectivity index (χ0n) is 20.9. The molecule has 0 saturated carbocycles. The Morgan fingerprint density at radius 2 is 1.89 bits per heavy atom. The first-order chi connectivity index (χ1) is 17.0. The van der Waals surface area contributed by atoms with Crippen LogP contribution in [0.2, 0.25) is 5.02 Å². The maximum Gasteiger partial charge on any atom is 0.350 e. The monoisotopic (exact) mass is 518 g/mol. The molecule has 0 amide bonds. The highest BCUT2D eigenvalue weighted by Crippen LogP contribution is 2.44. The number of allylic oxidation sites excluding steroid dienone is 2. The molecule has 1 aromatic rings. The lowest BCUT2D eigenvalue weighted by atomic mass is 9.66. The zero-order valence-corrected chi connectivity index (χ0v) is 21.7.